The molecular formula is C16H16ClN3. The van der Waals surface area contributed by atoms with Crippen LogP contribution in [-0.4, -0.2) is 16.1 Å². The lowest BCUT2D eigenvalue weighted by Gasteiger charge is -2.13. The molecular weight excluding hydrogens is 270 g/mol. The SMILES string of the molecule is CCNCc1c(Cl)cccc1-n1cnc2ccccc21. The molecule has 3 rings (SSSR count). The monoisotopic (exact) mass is 285 g/mol. The number of benzene rings is 2. The zero-order valence-electron chi connectivity index (χ0n) is 11.3. The van der Waals surface area contributed by atoms with Gasteiger partial charge in [-0.2, -0.15) is 0 Å². The van der Waals surface area contributed by atoms with E-state index >= 15 is 0 Å². The van der Waals surface area contributed by atoms with Crippen LogP contribution in [0.5, 0.6) is 0 Å². The summed E-state index contributed by atoms with van der Waals surface area (Å²) in [6.45, 7) is 3.75. The maximum absolute atomic E-state index is 6.36. The van der Waals surface area contributed by atoms with Gasteiger partial charge in [-0.3, -0.25) is 4.57 Å². The molecule has 0 saturated heterocycles. The van der Waals surface area contributed by atoms with Crippen molar-refractivity contribution in [2.45, 2.75) is 13.5 Å². The Kier molecular flexibility index (Phi) is 3.72. The van der Waals surface area contributed by atoms with E-state index in [4.69, 9.17) is 11.6 Å². The van der Waals surface area contributed by atoms with Crippen molar-refractivity contribution >= 4 is 22.6 Å². The third kappa shape index (κ3) is 2.30. The van der Waals surface area contributed by atoms with Gasteiger partial charge in [-0.15, -0.1) is 0 Å². The second-order valence-corrected chi connectivity index (χ2v) is 5.03. The number of halogens is 1. The highest BCUT2D eigenvalue weighted by Gasteiger charge is 2.11. The highest BCUT2D eigenvalue weighted by molar-refractivity contribution is 6.31. The summed E-state index contributed by atoms with van der Waals surface area (Å²) in [5.74, 6) is 0. The largest absolute Gasteiger partial charge is 0.313 e. The van der Waals surface area contributed by atoms with Crippen molar-refractivity contribution in [1.29, 1.82) is 0 Å². The number of nitrogens with zero attached hydrogens (tertiary/aromatic N) is 2. The van der Waals surface area contributed by atoms with Gasteiger partial charge in [0.2, 0.25) is 0 Å². The summed E-state index contributed by atoms with van der Waals surface area (Å²) < 4.78 is 2.09. The Balaban J connectivity index is 2.16. The van der Waals surface area contributed by atoms with Gasteiger partial charge in [-0.1, -0.05) is 36.7 Å². The Bertz CT molecular complexity index is 733. The Morgan fingerprint density at radius 1 is 1.15 bits per heavy atom. The molecule has 2 aromatic carbocycles. The normalized spacial score (nSPS) is 11.1. The van der Waals surface area contributed by atoms with Crippen molar-refractivity contribution in [2.75, 3.05) is 6.54 Å². The molecule has 0 saturated carbocycles. The number of nitrogens with one attached hydrogen (secondary N) is 1. The summed E-state index contributed by atoms with van der Waals surface area (Å²) in [6, 6.07) is 14.1. The maximum Gasteiger partial charge on any atom is 0.100 e. The molecule has 4 heteroatoms. The number of rotatable bonds is 4. The van der Waals surface area contributed by atoms with Crippen LogP contribution in [-0.2, 0) is 6.54 Å². The maximum atomic E-state index is 6.36. The fourth-order valence-corrected chi connectivity index (χ4v) is 2.59. The van der Waals surface area contributed by atoms with Gasteiger partial charge in [0.1, 0.15) is 6.33 Å². The zero-order valence-corrected chi connectivity index (χ0v) is 12.1. The molecule has 1 aromatic heterocycles. The van der Waals surface area contributed by atoms with Gasteiger partial charge in [0.05, 0.1) is 16.7 Å². The molecule has 3 aromatic rings. The molecule has 0 aliphatic rings. The number of imidazole rings is 1. The summed E-state index contributed by atoms with van der Waals surface area (Å²) >= 11 is 6.36. The average molecular weight is 286 g/mol. The molecule has 0 radical (unpaired) electrons. The Labute approximate surface area is 123 Å². The van der Waals surface area contributed by atoms with Crippen LogP contribution in [0.1, 0.15) is 12.5 Å². The van der Waals surface area contributed by atoms with E-state index in [2.05, 4.69) is 33.9 Å². The van der Waals surface area contributed by atoms with Crippen LogP contribution in [0.4, 0.5) is 0 Å². The summed E-state index contributed by atoms with van der Waals surface area (Å²) in [4.78, 5) is 4.45. The van der Waals surface area contributed by atoms with Gasteiger partial charge in [-0.25, -0.2) is 4.98 Å². The first-order valence-electron chi connectivity index (χ1n) is 6.72. The molecule has 0 aliphatic heterocycles. The molecule has 0 fully saturated rings. The molecule has 0 unspecified atom stereocenters. The minimum Gasteiger partial charge on any atom is -0.313 e. The van der Waals surface area contributed by atoms with Crippen LogP contribution in [0.15, 0.2) is 48.8 Å². The minimum atomic E-state index is 0.748. The summed E-state index contributed by atoms with van der Waals surface area (Å²) in [5, 5.41) is 4.12. The zero-order chi connectivity index (χ0) is 13.9. The molecule has 20 heavy (non-hydrogen) atoms. The van der Waals surface area contributed by atoms with E-state index in [0.717, 1.165) is 40.4 Å². The lowest BCUT2D eigenvalue weighted by Crippen LogP contribution is -2.14. The van der Waals surface area contributed by atoms with Crippen molar-refractivity contribution in [3.05, 3.63) is 59.4 Å². The van der Waals surface area contributed by atoms with Crippen LogP contribution in [0.25, 0.3) is 16.7 Å². The van der Waals surface area contributed by atoms with Gasteiger partial charge in [0.25, 0.3) is 0 Å². The molecule has 0 atom stereocenters. The lowest BCUT2D eigenvalue weighted by molar-refractivity contribution is 0.723. The number of fused-ring (bicyclic) bond motifs is 1. The molecule has 0 bridgehead atoms. The molecule has 0 amide bonds. The fourth-order valence-electron chi connectivity index (χ4n) is 2.35. The number of hydrogen-bond donors (Lipinski definition) is 1. The predicted octanol–water partition coefficient (Wildman–Crippen LogP) is 3.79. The summed E-state index contributed by atoms with van der Waals surface area (Å²) in [5.41, 5.74) is 4.25. The molecule has 1 heterocycles. The van der Waals surface area contributed by atoms with Gasteiger partial charge in [0.15, 0.2) is 0 Å². The topological polar surface area (TPSA) is 29.9 Å². The second kappa shape index (κ2) is 5.65. The van der Waals surface area contributed by atoms with Crippen LogP contribution >= 0.6 is 11.6 Å². The van der Waals surface area contributed by atoms with Crippen LogP contribution in [0.2, 0.25) is 5.02 Å². The van der Waals surface area contributed by atoms with E-state index in [1.165, 1.54) is 0 Å². The van der Waals surface area contributed by atoms with E-state index in [0.29, 0.717) is 0 Å². The lowest BCUT2D eigenvalue weighted by atomic mass is 10.1. The van der Waals surface area contributed by atoms with E-state index in [1.807, 2.05) is 36.7 Å². The second-order valence-electron chi connectivity index (χ2n) is 4.62. The number of hydrogen-bond acceptors (Lipinski definition) is 2. The number of aromatic nitrogens is 2. The molecule has 102 valence electrons. The molecule has 3 nitrogen and oxygen atoms in total. The highest BCUT2D eigenvalue weighted by atomic mass is 35.5. The van der Waals surface area contributed by atoms with Crippen molar-refractivity contribution in [2.24, 2.45) is 0 Å². The average Bonchev–Trinajstić information content (AvgIpc) is 2.89. The smallest absolute Gasteiger partial charge is 0.100 e. The van der Waals surface area contributed by atoms with Gasteiger partial charge < -0.3 is 5.32 Å². The standard InChI is InChI=1S/C16H16ClN3/c1-2-18-10-12-13(17)6-5-9-15(12)20-11-19-14-7-3-4-8-16(14)20/h3-9,11,18H,2,10H2,1H3. The Morgan fingerprint density at radius 2 is 2.00 bits per heavy atom. The van der Waals surface area contributed by atoms with Crippen LogP contribution in [0, 0.1) is 0 Å². The van der Waals surface area contributed by atoms with Crippen LogP contribution < -0.4 is 5.32 Å². The first-order chi connectivity index (χ1) is 9.81. The van der Waals surface area contributed by atoms with E-state index in [9.17, 15) is 0 Å². The third-order valence-electron chi connectivity index (χ3n) is 3.36. The van der Waals surface area contributed by atoms with Gasteiger partial charge in [0, 0.05) is 17.1 Å². The van der Waals surface area contributed by atoms with E-state index in [-0.39, 0.29) is 0 Å². The first-order valence-corrected chi connectivity index (χ1v) is 7.09. The van der Waals surface area contributed by atoms with Crippen LogP contribution in [0.3, 0.4) is 0 Å². The molecule has 0 aliphatic carbocycles. The van der Waals surface area contributed by atoms with E-state index < -0.39 is 0 Å². The van der Waals surface area contributed by atoms with Gasteiger partial charge in [-0.05, 0) is 30.8 Å². The van der Waals surface area contributed by atoms with Gasteiger partial charge >= 0.3 is 0 Å². The Hall–Kier alpha value is -1.84. The van der Waals surface area contributed by atoms with Crippen molar-refractivity contribution < 1.29 is 0 Å². The number of para-hydroxylation sites is 2. The quantitative estimate of drug-likeness (QED) is 0.790. The summed E-state index contributed by atoms with van der Waals surface area (Å²) in [6.07, 6.45) is 1.85. The summed E-state index contributed by atoms with van der Waals surface area (Å²) in [7, 11) is 0. The fraction of sp³-hybridized carbons (Fsp3) is 0.188. The third-order valence-corrected chi connectivity index (χ3v) is 3.71. The molecule has 1 N–H and O–H groups in total. The molecule has 0 spiro atoms. The predicted molar refractivity (Wildman–Crippen MR) is 83.5 cm³/mol. The Morgan fingerprint density at radius 3 is 2.85 bits per heavy atom. The highest BCUT2D eigenvalue weighted by Crippen LogP contribution is 2.26. The van der Waals surface area contributed by atoms with E-state index in [1.54, 1.807) is 0 Å². The van der Waals surface area contributed by atoms with Crippen molar-refractivity contribution in [3.8, 4) is 5.69 Å². The van der Waals surface area contributed by atoms with Crippen molar-refractivity contribution in [3.63, 3.8) is 0 Å². The van der Waals surface area contributed by atoms with Crippen molar-refractivity contribution in [1.82, 2.24) is 14.9 Å². The first kappa shape index (κ1) is 13.2. The minimum absolute atomic E-state index is 0.748.